The maximum atomic E-state index is 12.2. The summed E-state index contributed by atoms with van der Waals surface area (Å²) in [6, 6.07) is 0. The lowest BCUT2D eigenvalue weighted by atomic mass is 9.94. The molecule has 0 fully saturated rings. The molecule has 0 saturated heterocycles. The van der Waals surface area contributed by atoms with Crippen LogP contribution in [0, 0.1) is 11.8 Å². The second kappa shape index (κ2) is 5.07. The van der Waals surface area contributed by atoms with Crippen LogP contribution in [0.5, 0.6) is 0 Å². The smallest absolute Gasteiger partial charge is 0.171 e. The Bertz CT molecular complexity index is 178. The summed E-state index contributed by atoms with van der Waals surface area (Å²) in [4.78, 5) is 0. The minimum absolute atomic E-state index is 0.0249. The Morgan fingerprint density at radius 2 is 1.33 bits per heavy atom. The van der Waals surface area contributed by atoms with Crippen molar-refractivity contribution in [3.05, 3.63) is 0 Å². The van der Waals surface area contributed by atoms with Crippen molar-refractivity contribution in [3.8, 4) is 0 Å². The third-order valence-corrected chi connectivity index (χ3v) is 2.03. The number of halogens is 6. The maximum Gasteiger partial charge on any atom is 0.392 e. The highest BCUT2D eigenvalue weighted by atomic mass is 19.4. The van der Waals surface area contributed by atoms with E-state index in [4.69, 9.17) is 0 Å². The van der Waals surface area contributed by atoms with Crippen molar-refractivity contribution in [2.75, 3.05) is 0 Å². The molecule has 0 spiro atoms. The normalized spacial score (nSPS) is 15.8. The molecule has 0 N–H and O–H groups in total. The molecule has 0 bridgehead atoms. The molecule has 0 saturated carbocycles. The van der Waals surface area contributed by atoms with Crippen LogP contribution in [-0.2, 0) is 0 Å². The van der Waals surface area contributed by atoms with Crippen molar-refractivity contribution < 1.29 is 26.3 Å². The van der Waals surface area contributed by atoms with E-state index in [0.29, 0.717) is 0 Å². The van der Waals surface area contributed by atoms with Gasteiger partial charge in [-0.3, -0.25) is 0 Å². The van der Waals surface area contributed by atoms with Gasteiger partial charge in [0.25, 0.3) is 0 Å². The summed E-state index contributed by atoms with van der Waals surface area (Å²) in [5.41, 5.74) is 0. The summed E-state index contributed by atoms with van der Waals surface area (Å²) in [6.07, 6.45) is -11.6. The molecular weight excluding hydrogens is 222 g/mol. The lowest BCUT2D eigenvalue weighted by Crippen LogP contribution is -2.28. The fraction of sp³-hybridized carbons (Fsp3) is 1.00. The molecule has 0 aliphatic rings. The molecule has 1 unspecified atom stereocenters. The Kier molecular flexibility index (Phi) is 4.93. The molecule has 0 rings (SSSR count). The van der Waals surface area contributed by atoms with Crippen LogP contribution in [0.3, 0.4) is 0 Å². The van der Waals surface area contributed by atoms with Gasteiger partial charge in [-0.25, -0.2) is 0 Å². The minimum Gasteiger partial charge on any atom is -0.171 e. The van der Waals surface area contributed by atoms with Gasteiger partial charge in [0.1, 0.15) is 0 Å². The molecular formula is C9H14F6. The van der Waals surface area contributed by atoms with Crippen LogP contribution < -0.4 is 0 Å². The van der Waals surface area contributed by atoms with E-state index in [1.807, 2.05) is 0 Å². The minimum atomic E-state index is -4.76. The van der Waals surface area contributed by atoms with Crippen molar-refractivity contribution >= 4 is 0 Å². The van der Waals surface area contributed by atoms with Gasteiger partial charge in [-0.15, -0.1) is 0 Å². The molecule has 0 nitrogen and oxygen atoms in total. The van der Waals surface area contributed by atoms with Crippen molar-refractivity contribution in [1.29, 1.82) is 0 Å². The Morgan fingerprint density at radius 1 is 0.867 bits per heavy atom. The first-order chi connectivity index (χ1) is 6.52. The average molecular weight is 236 g/mol. The highest BCUT2D eigenvalue weighted by Gasteiger charge is 2.45. The average Bonchev–Trinajstić information content (AvgIpc) is 1.93. The van der Waals surface area contributed by atoms with Crippen molar-refractivity contribution in [2.24, 2.45) is 11.8 Å². The second-order valence-corrected chi connectivity index (χ2v) is 4.03. The summed E-state index contributed by atoms with van der Waals surface area (Å²) < 4.78 is 72.2. The van der Waals surface area contributed by atoms with Crippen LogP contribution >= 0.6 is 0 Å². The monoisotopic (exact) mass is 236 g/mol. The Labute approximate surface area is 84.7 Å². The van der Waals surface area contributed by atoms with Crippen LogP contribution in [0.2, 0.25) is 0 Å². The van der Waals surface area contributed by atoms with Crippen LogP contribution in [0.4, 0.5) is 26.3 Å². The van der Waals surface area contributed by atoms with Crippen molar-refractivity contribution in [1.82, 2.24) is 0 Å². The fourth-order valence-electron chi connectivity index (χ4n) is 1.20. The quantitative estimate of drug-likeness (QED) is 0.628. The molecule has 92 valence electrons. The van der Waals surface area contributed by atoms with Gasteiger partial charge in [0.2, 0.25) is 0 Å². The zero-order chi connectivity index (χ0) is 12.3. The molecule has 0 aliphatic heterocycles. The molecule has 0 aromatic carbocycles. The first-order valence-electron chi connectivity index (χ1n) is 4.66. The Balaban J connectivity index is 4.34. The number of hydrogen-bond acceptors (Lipinski definition) is 0. The van der Waals surface area contributed by atoms with E-state index in [2.05, 4.69) is 0 Å². The first kappa shape index (κ1) is 14.6. The van der Waals surface area contributed by atoms with Gasteiger partial charge in [-0.1, -0.05) is 20.3 Å². The molecule has 0 aromatic heterocycles. The Hall–Kier alpha value is -0.420. The van der Waals surface area contributed by atoms with Crippen LogP contribution in [0.15, 0.2) is 0 Å². The van der Waals surface area contributed by atoms with E-state index in [0.717, 1.165) is 0 Å². The van der Waals surface area contributed by atoms with Crippen molar-refractivity contribution in [2.45, 2.75) is 45.5 Å². The summed E-state index contributed by atoms with van der Waals surface area (Å²) in [5.74, 6) is -2.29. The summed E-state index contributed by atoms with van der Waals surface area (Å²) >= 11 is 0. The zero-order valence-electron chi connectivity index (χ0n) is 8.54. The highest BCUT2D eigenvalue weighted by molar-refractivity contribution is 4.72. The molecule has 0 radical (unpaired) electrons. The fourth-order valence-corrected chi connectivity index (χ4v) is 1.20. The van der Waals surface area contributed by atoms with Crippen LogP contribution in [-0.4, -0.2) is 12.4 Å². The molecule has 0 aromatic rings. The molecule has 0 amide bonds. The van der Waals surface area contributed by atoms with Crippen LogP contribution in [0.25, 0.3) is 0 Å². The predicted molar refractivity (Wildman–Crippen MR) is 44.3 cm³/mol. The van der Waals surface area contributed by atoms with Gasteiger partial charge in [0.05, 0.1) is 12.3 Å². The first-order valence-corrected chi connectivity index (χ1v) is 4.66. The third kappa shape index (κ3) is 7.50. The molecule has 1 atom stereocenters. The molecule has 0 heterocycles. The van der Waals surface area contributed by atoms with E-state index in [-0.39, 0.29) is 12.3 Å². The van der Waals surface area contributed by atoms with E-state index < -0.39 is 31.1 Å². The van der Waals surface area contributed by atoms with Gasteiger partial charge in [-0.05, 0) is 12.3 Å². The van der Waals surface area contributed by atoms with Crippen molar-refractivity contribution in [3.63, 3.8) is 0 Å². The number of alkyl halides is 6. The van der Waals surface area contributed by atoms with Gasteiger partial charge in [-0.2, -0.15) is 26.3 Å². The lowest BCUT2D eigenvalue weighted by Gasteiger charge is -2.22. The number of rotatable bonds is 4. The zero-order valence-corrected chi connectivity index (χ0v) is 8.54. The standard InChI is InChI=1S/C9H14F6/c1-6(2)3-4-7(9(13,14)15)5-8(10,11)12/h6-7H,3-5H2,1-2H3. The lowest BCUT2D eigenvalue weighted by molar-refractivity contribution is -0.220. The second-order valence-electron chi connectivity index (χ2n) is 4.03. The SMILES string of the molecule is CC(C)CCC(CC(F)(F)F)C(F)(F)F. The van der Waals surface area contributed by atoms with Gasteiger partial charge >= 0.3 is 12.4 Å². The van der Waals surface area contributed by atoms with Gasteiger partial charge < -0.3 is 0 Å². The van der Waals surface area contributed by atoms with E-state index in [1.54, 1.807) is 13.8 Å². The third-order valence-electron chi connectivity index (χ3n) is 2.03. The number of hydrogen-bond donors (Lipinski definition) is 0. The van der Waals surface area contributed by atoms with Crippen LogP contribution in [0.1, 0.15) is 33.1 Å². The van der Waals surface area contributed by atoms with E-state index in [1.165, 1.54) is 0 Å². The predicted octanol–water partition coefficient (Wildman–Crippen LogP) is 4.55. The topological polar surface area (TPSA) is 0 Å². The Morgan fingerprint density at radius 3 is 1.60 bits per heavy atom. The summed E-state index contributed by atoms with van der Waals surface area (Å²) in [7, 11) is 0. The summed E-state index contributed by atoms with van der Waals surface area (Å²) in [6.45, 7) is 3.36. The highest BCUT2D eigenvalue weighted by Crippen LogP contribution is 2.38. The van der Waals surface area contributed by atoms with E-state index in [9.17, 15) is 26.3 Å². The maximum absolute atomic E-state index is 12.2. The van der Waals surface area contributed by atoms with Gasteiger partial charge in [0.15, 0.2) is 0 Å². The molecule has 6 heteroatoms. The van der Waals surface area contributed by atoms with Gasteiger partial charge in [0, 0.05) is 0 Å². The molecule has 0 aliphatic carbocycles. The summed E-state index contributed by atoms with van der Waals surface area (Å²) in [5, 5.41) is 0. The molecule has 15 heavy (non-hydrogen) atoms. The van der Waals surface area contributed by atoms with E-state index >= 15 is 0 Å². The largest absolute Gasteiger partial charge is 0.392 e.